The number of anilines is 1. The zero-order valence-corrected chi connectivity index (χ0v) is 27.6. The lowest BCUT2D eigenvalue weighted by Crippen LogP contribution is -2.30. The number of amides is 2. The number of rotatable bonds is 5. The number of carbonyl (C=O) groups is 2. The minimum absolute atomic E-state index is 0.251. The summed E-state index contributed by atoms with van der Waals surface area (Å²) in [7, 11) is 0. The van der Waals surface area contributed by atoms with E-state index in [4.69, 9.17) is 0 Å². The minimum atomic E-state index is -0.458. The van der Waals surface area contributed by atoms with E-state index in [1.54, 1.807) is 36.4 Å². The molecule has 52 heavy (non-hydrogen) atoms. The number of aromatic nitrogens is 1. The average Bonchev–Trinajstić information content (AvgIpc) is 3.67. The van der Waals surface area contributed by atoms with Crippen LogP contribution in [-0.4, -0.2) is 16.4 Å². The number of hydrogen-bond donors (Lipinski definition) is 0. The van der Waals surface area contributed by atoms with E-state index in [0.29, 0.717) is 33.5 Å². The van der Waals surface area contributed by atoms with Gasteiger partial charge in [0.2, 0.25) is 0 Å². The van der Waals surface area contributed by atoms with Gasteiger partial charge in [0, 0.05) is 21.9 Å². The second kappa shape index (κ2) is 12.1. The van der Waals surface area contributed by atoms with Gasteiger partial charge in [-0.2, -0.15) is 10.5 Å². The second-order valence-electron chi connectivity index (χ2n) is 12.7. The van der Waals surface area contributed by atoms with E-state index in [1.807, 2.05) is 114 Å². The van der Waals surface area contributed by atoms with Gasteiger partial charge in [-0.25, -0.2) is 4.90 Å². The third kappa shape index (κ3) is 4.71. The van der Waals surface area contributed by atoms with E-state index >= 15 is 4.79 Å². The van der Waals surface area contributed by atoms with Gasteiger partial charge in [-0.3, -0.25) is 9.59 Å². The van der Waals surface area contributed by atoms with E-state index in [2.05, 4.69) is 24.3 Å². The number of fused-ring (bicyclic) bond motifs is 4. The molecule has 0 saturated carbocycles. The van der Waals surface area contributed by atoms with Crippen LogP contribution in [0.4, 0.5) is 5.69 Å². The van der Waals surface area contributed by atoms with Gasteiger partial charge in [0.25, 0.3) is 11.8 Å². The Morgan fingerprint density at radius 3 is 1.44 bits per heavy atom. The van der Waals surface area contributed by atoms with Gasteiger partial charge < -0.3 is 4.57 Å². The van der Waals surface area contributed by atoms with Crippen LogP contribution in [0.1, 0.15) is 31.8 Å². The molecule has 0 aliphatic carbocycles. The van der Waals surface area contributed by atoms with Crippen LogP contribution in [-0.2, 0) is 0 Å². The number of carbonyl (C=O) groups excluding carboxylic acids is 2. The molecule has 0 bridgehead atoms. The molecule has 0 saturated heterocycles. The van der Waals surface area contributed by atoms with Crippen LogP contribution in [0.5, 0.6) is 0 Å². The van der Waals surface area contributed by atoms with E-state index < -0.39 is 11.8 Å². The maximum absolute atomic E-state index is 15.2. The summed E-state index contributed by atoms with van der Waals surface area (Å²) in [5, 5.41) is 21.4. The van der Waals surface area contributed by atoms with Gasteiger partial charge in [0.1, 0.15) is 0 Å². The molecule has 1 aromatic heterocycles. The summed E-state index contributed by atoms with van der Waals surface area (Å²) in [6.07, 6.45) is 0. The highest BCUT2D eigenvalue weighted by Crippen LogP contribution is 2.47. The maximum Gasteiger partial charge on any atom is 0.268 e. The molecule has 8 aromatic rings. The smallest absolute Gasteiger partial charge is 0.268 e. The molecule has 2 heterocycles. The topological polar surface area (TPSA) is 89.9 Å². The molecule has 6 nitrogen and oxygen atoms in total. The predicted molar refractivity (Wildman–Crippen MR) is 204 cm³/mol. The quantitative estimate of drug-likeness (QED) is 0.171. The molecule has 0 spiro atoms. The summed E-state index contributed by atoms with van der Waals surface area (Å²) in [6, 6.07) is 54.4. The first kappa shape index (κ1) is 30.5. The van der Waals surface area contributed by atoms with Gasteiger partial charge in [0.15, 0.2) is 0 Å². The molecular formula is C46H26N4O2. The highest BCUT2D eigenvalue weighted by Gasteiger charge is 2.41. The van der Waals surface area contributed by atoms with Gasteiger partial charge in [-0.05, 0) is 70.8 Å². The predicted octanol–water partition coefficient (Wildman–Crippen LogP) is 10.3. The monoisotopic (exact) mass is 666 g/mol. The summed E-state index contributed by atoms with van der Waals surface area (Å²) in [5.41, 5.74) is 8.96. The summed E-state index contributed by atoms with van der Waals surface area (Å²) in [5.74, 6) is -0.889. The third-order valence-electron chi connectivity index (χ3n) is 9.77. The standard InChI is InChI=1S/C46H26N4O2/c47-27-29-19-21-35-36-22-20-30(28-48)24-42(36)49(41(35)23-29)40-18-10-17-37-43(40)46(52)50(45(37)51)44-38(32-13-6-2-7-14-32)25-34(31-11-4-1-5-12-31)26-39(44)33-15-8-3-9-16-33/h1-26H. The first-order valence-electron chi connectivity index (χ1n) is 16.8. The molecule has 0 fully saturated rings. The Bertz CT molecular complexity index is 2710. The summed E-state index contributed by atoms with van der Waals surface area (Å²) >= 11 is 0. The molecule has 242 valence electrons. The van der Waals surface area contributed by atoms with E-state index in [0.717, 1.165) is 44.2 Å². The molecule has 0 N–H and O–H groups in total. The lowest BCUT2D eigenvalue weighted by Gasteiger charge is -2.24. The van der Waals surface area contributed by atoms with Crippen LogP contribution in [0.2, 0.25) is 0 Å². The first-order valence-corrected chi connectivity index (χ1v) is 16.8. The fourth-order valence-corrected chi connectivity index (χ4v) is 7.42. The van der Waals surface area contributed by atoms with Crippen molar-refractivity contribution in [3.63, 3.8) is 0 Å². The van der Waals surface area contributed by atoms with Crippen molar-refractivity contribution in [2.24, 2.45) is 0 Å². The molecule has 9 rings (SSSR count). The Labute approximate surface area is 299 Å². The molecule has 0 atom stereocenters. The zero-order valence-electron chi connectivity index (χ0n) is 27.6. The first-order chi connectivity index (χ1) is 25.6. The lowest BCUT2D eigenvalue weighted by molar-refractivity contribution is 0.0926. The van der Waals surface area contributed by atoms with Crippen LogP contribution in [0, 0.1) is 22.7 Å². The molecule has 2 amide bonds. The second-order valence-corrected chi connectivity index (χ2v) is 12.7. The third-order valence-corrected chi connectivity index (χ3v) is 9.77. The van der Waals surface area contributed by atoms with Crippen molar-refractivity contribution in [2.45, 2.75) is 0 Å². The largest absolute Gasteiger partial charge is 0.308 e. The highest BCUT2D eigenvalue weighted by atomic mass is 16.2. The number of nitrogens with zero attached hydrogens (tertiary/aromatic N) is 4. The molecule has 1 aliphatic heterocycles. The highest BCUT2D eigenvalue weighted by molar-refractivity contribution is 6.37. The van der Waals surface area contributed by atoms with Crippen molar-refractivity contribution in [2.75, 3.05) is 4.90 Å². The zero-order chi connectivity index (χ0) is 35.3. The fraction of sp³-hybridized carbons (Fsp3) is 0. The Balaban J connectivity index is 1.33. The number of benzene rings is 7. The Morgan fingerprint density at radius 2 is 0.942 bits per heavy atom. The maximum atomic E-state index is 15.2. The van der Waals surface area contributed by atoms with Gasteiger partial charge in [-0.15, -0.1) is 0 Å². The van der Waals surface area contributed by atoms with Gasteiger partial charge >= 0.3 is 0 Å². The number of imide groups is 1. The van der Waals surface area contributed by atoms with Crippen molar-refractivity contribution in [1.82, 2.24) is 4.57 Å². The lowest BCUT2D eigenvalue weighted by atomic mass is 9.90. The molecule has 7 aromatic carbocycles. The molecule has 1 aliphatic rings. The van der Waals surface area contributed by atoms with Gasteiger partial charge in [-0.1, -0.05) is 109 Å². The molecule has 6 heteroatoms. The van der Waals surface area contributed by atoms with Crippen LogP contribution in [0.25, 0.3) is 60.9 Å². The van der Waals surface area contributed by atoms with Gasteiger partial charge in [0.05, 0.1) is 56.8 Å². The van der Waals surface area contributed by atoms with Crippen molar-refractivity contribution in [3.05, 3.63) is 180 Å². The van der Waals surface area contributed by atoms with E-state index in [-0.39, 0.29) is 11.1 Å². The van der Waals surface area contributed by atoms with Crippen molar-refractivity contribution in [3.8, 4) is 51.2 Å². The molecular weight excluding hydrogens is 641 g/mol. The van der Waals surface area contributed by atoms with Crippen LogP contribution >= 0.6 is 0 Å². The van der Waals surface area contributed by atoms with E-state index in [9.17, 15) is 15.3 Å². The molecule has 0 unspecified atom stereocenters. The minimum Gasteiger partial charge on any atom is -0.308 e. The van der Waals surface area contributed by atoms with Crippen molar-refractivity contribution >= 4 is 39.3 Å². The average molecular weight is 667 g/mol. The number of nitriles is 2. The van der Waals surface area contributed by atoms with Crippen LogP contribution in [0.3, 0.4) is 0 Å². The Kier molecular flexibility index (Phi) is 7.10. The summed E-state index contributed by atoms with van der Waals surface area (Å²) in [4.78, 5) is 31.3. The van der Waals surface area contributed by atoms with Crippen molar-refractivity contribution in [1.29, 1.82) is 10.5 Å². The van der Waals surface area contributed by atoms with E-state index in [1.165, 1.54) is 4.90 Å². The normalized spacial score (nSPS) is 12.2. The summed E-state index contributed by atoms with van der Waals surface area (Å²) in [6.45, 7) is 0. The SMILES string of the molecule is N#Cc1ccc2c3ccc(C#N)cc3n(-c3cccc4c3C(=O)N(c3c(-c5ccccc5)cc(-c5ccccc5)cc3-c3ccccc3)C4=O)c2c1. The molecule has 0 radical (unpaired) electrons. The van der Waals surface area contributed by atoms with Crippen LogP contribution in [0.15, 0.2) is 158 Å². The summed E-state index contributed by atoms with van der Waals surface area (Å²) < 4.78 is 1.90. The number of hydrogen-bond acceptors (Lipinski definition) is 4. The fourth-order valence-electron chi connectivity index (χ4n) is 7.42. The van der Waals surface area contributed by atoms with Crippen molar-refractivity contribution < 1.29 is 9.59 Å². The Morgan fingerprint density at radius 1 is 0.442 bits per heavy atom. The Hall–Kier alpha value is -7.54. The van der Waals surface area contributed by atoms with Crippen LogP contribution < -0.4 is 4.90 Å².